The Bertz CT molecular complexity index is 592. The van der Waals surface area contributed by atoms with E-state index in [0.29, 0.717) is 43.7 Å². The van der Waals surface area contributed by atoms with Gasteiger partial charge in [0.1, 0.15) is 5.75 Å². The molecular formula is C19H26N2O4. The molecular weight excluding hydrogens is 320 g/mol. The molecule has 0 aromatic heterocycles. The molecule has 1 aromatic carbocycles. The van der Waals surface area contributed by atoms with E-state index in [1.165, 1.54) is 6.92 Å². The van der Waals surface area contributed by atoms with Crippen molar-refractivity contribution in [2.24, 2.45) is 0 Å². The number of amides is 2. The van der Waals surface area contributed by atoms with Crippen molar-refractivity contribution in [3.63, 3.8) is 0 Å². The Labute approximate surface area is 148 Å². The first-order chi connectivity index (χ1) is 12.1. The lowest BCUT2D eigenvalue weighted by Gasteiger charge is -2.15. The average molecular weight is 346 g/mol. The highest BCUT2D eigenvalue weighted by atomic mass is 16.5. The van der Waals surface area contributed by atoms with Crippen molar-refractivity contribution in [3.8, 4) is 5.75 Å². The van der Waals surface area contributed by atoms with E-state index < -0.39 is 0 Å². The minimum atomic E-state index is -0.0650. The molecule has 2 amide bonds. The second-order valence-corrected chi connectivity index (χ2v) is 6.22. The normalized spacial score (nSPS) is 13.6. The van der Waals surface area contributed by atoms with E-state index in [1.54, 1.807) is 24.3 Å². The Balaban J connectivity index is 1.54. The smallest absolute Gasteiger partial charge is 0.224 e. The highest BCUT2D eigenvalue weighted by Gasteiger charge is 2.17. The van der Waals surface area contributed by atoms with Crippen LogP contribution in [0.15, 0.2) is 24.3 Å². The van der Waals surface area contributed by atoms with Crippen LogP contribution in [0.5, 0.6) is 5.75 Å². The van der Waals surface area contributed by atoms with Crippen LogP contribution in [-0.4, -0.2) is 48.7 Å². The van der Waals surface area contributed by atoms with Crippen LogP contribution in [0.2, 0.25) is 0 Å². The van der Waals surface area contributed by atoms with Gasteiger partial charge in [-0.05, 0) is 50.5 Å². The third-order valence-electron chi connectivity index (χ3n) is 4.20. The lowest BCUT2D eigenvalue weighted by atomic mass is 10.1. The summed E-state index contributed by atoms with van der Waals surface area (Å²) in [6.07, 6.45) is 3.49. The fourth-order valence-electron chi connectivity index (χ4n) is 2.73. The van der Waals surface area contributed by atoms with Gasteiger partial charge in [0.2, 0.25) is 11.8 Å². The van der Waals surface area contributed by atoms with E-state index in [0.717, 1.165) is 25.9 Å². The summed E-state index contributed by atoms with van der Waals surface area (Å²) in [4.78, 5) is 36.6. The molecule has 1 aliphatic rings. The topological polar surface area (TPSA) is 75.7 Å². The molecule has 1 aliphatic heterocycles. The molecule has 1 aromatic rings. The molecule has 1 fully saturated rings. The maximum absolute atomic E-state index is 11.8. The van der Waals surface area contributed by atoms with Crippen molar-refractivity contribution in [2.45, 2.75) is 39.0 Å². The number of benzene rings is 1. The molecule has 0 unspecified atom stereocenters. The maximum atomic E-state index is 11.8. The van der Waals surface area contributed by atoms with Crippen molar-refractivity contribution in [3.05, 3.63) is 29.8 Å². The molecule has 1 heterocycles. The molecule has 1 saturated heterocycles. The van der Waals surface area contributed by atoms with Crippen LogP contribution in [0.25, 0.3) is 0 Å². The lowest BCUT2D eigenvalue weighted by Crippen LogP contribution is -2.32. The third kappa shape index (κ3) is 6.57. The van der Waals surface area contributed by atoms with Crippen molar-refractivity contribution in [1.29, 1.82) is 0 Å². The largest absolute Gasteiger partial charge is 0.494 e. The summed E-state index contributed by atoms with van der Waals surface area (Å²) in [5.74, 6) is 0.757. The van der Waals surface area contributed by atoms with E-state index >= 15 is 0 Å². The van der Waals surface area contributed by atoms with Crippen molar-refractivity contribution >= 4 is 17.6 Å². The molecule has 0 spiro atoms. The van der Waals surface area contributed by atoms with Gasteiger partial charge in [-0.1, -0.05) is 0 Å². The zero-order chi connectivity index (χ0) is 18.1. The van der Waals surface area contributed by atoms with E-state index in [2.05, 4.69) is 5.32 Å². The lowest BCUT2D eigenvalue weighted by molar-refractivity contribution is -0.130. The summed E-state index contributed by atoms with van der Waals surface area (Å²) in [5, 5.41) is 2.78. The highest BCUT2D eigenvalue weighted by Crippen LogP contribution is 2.13. The van der Waals surface area contributed by atoms with Crippen molar-refractivity contribution in [1.82, 2.24) is 10.2 Å². The first kappa shape index (κ1) is 19.0. The molecule has 1 N–H and O–H groups in total. The van der Waals surface area contributed by atoms with Gasteiger partial charge in [-0.3, -0.25) is 14.4 Å². The summed E-state index contributed by atoms with van der Waals surface area (Å²) in [5.41, 5.74) is 0.648. The van der Waals surface area contributed by atoms with Gasteiger partial charge in [0, 0.05) is 38.0 Å². The SMILES string of the molecule is CC(=O)c1ccc(OCCCC(=O)NCCC(=O)N2CCCC2)cc1. The first-order valence-electron chi connectivity index (χ1n) is 8.84. The molecule has 0 bridgehead atoms. The number of ether oxygens (including phenoxy) is 1. The first-order valence-corrected chi connectivity index (χ1v) is 8.84. The van der Waals surface area contributed by atoms with Crippen LogP contribution >= 0.6 is 0 Å². The van der Waals surface area contributed by atoms with Crippen LogP contribution in [0.3, 0.4) is 0 Å². The number of carbonyl (C=O) groups excluding carboxylic acids is 3. The van der Waals surface area contributed by atoms with Gasteiger partial charge in [0.05, 0.1) is 6.61 Å². The fourth-order valence-corrected chi connectivity index (χ4v) is 2.73. The molecule has 2 rings (SSSR count). The monoisotopic (exact) mass is 346 g/mol. The van der Waals surface area contributed by atoms with Gasteiger partial charge in [0.25, 0.3) is 0 Å². The third-order valence-corrected chi connectivity index (χ3v) is 4.20. The second kappa shape index (κ2) is 9.81. The van der Waals surface area contributed by atoms with Crippen molar-refractivity contribution in [2.75, 3.05) is 26.2 Å². The number of Topliss-reactive ketones (excluding diaryl/α,β-unsaturated/α-hetero) is 1. The summed E-state index contributed by atoms with van der Waals surface area (Å²) >= 11 is 0. The maximum Gasteiger partial charge on any atom is 0.224 e. The highest BCUT2D eigenvalue weighted by molar-refractivity contribution is 5.94. The van der Waals surface area contributed by atoms with E-state index in [1.807, 2.05) is 4.90 Å². The average Bonchev–Trinajstić information content (AvgIpc) is 3.14. The van der Waals surface area contributed by atoms with Gasteiger partial charge in [0.15, 0.2) is 5.78 Å². The Morgan fingerprint density at radius 3 is 2.40 bits per heavy atom. The number of nitrogens with zero attached hydrogens (tertiary/aromatic N) is 1. The Kier molecular flexibility index (Phi) is 7.44. The number of nitrogens with one attached hydrogen (secondary N) is 1. The Morgan fingerprint density at radius 2 is 1.76 bits per heavy atom. The molecule has 0 atom stereocenters. The van der Waals surface area contributed by atoms with Gasteiger partial charge in [-0.2, -0.15) is 0 Å². The van der Waals surface area contributed by atoms with Crippen molar-refractivity contribution < 1.29 is 19.1 Å². The zero-order valence-corrected chi connectivity index (χ0v) is 14.8. The Morgan fingerprint density at radius 1 is 1.08 bits per heavy atom. The van der Waals surface area contributed by atoms with Crippen LogP contribution in [0.1, 0.15) is 49.4 Å². The second-order valence-electron chi connectivity index (χ2n) is 6.22. The van der Waals surface area contributed by atoms with Gasteiger partial charge < -0.3 is 15.0 Å². The molecule has 0 saturated carbocycles. The summed E-state index contributed by atoms with van der Waals surface area (Å²) in [6.45, 7) is 4.03. The molecule has 6 nitrogen and oxygen atoms in total. The number of carbonyl (C=O) groups is 3. The van der Waals surface area contributed by atoms with Crippen LogP contribution in [0.4, 0.5) is 0 Å². The number of likely N-dealkylation sites (tertiary alicyclic amines) is 1. The number of ketones is 1. The quantitative estimate of drug-likeness (QED) is 0.549. The minimum absolute atomic E-state index is 0.0198. The number of hydrogen-bond donors (Lipinski definition) is 1. The standard InChI is InChI=1S/C19H26N2O4/c1-15(22)16-6-8-17(9-7-16)25-14-4-5-18(23)20-11-10-19(24)21-12-2-3-13-21/h6-9H,2-5,10-14H2,1H3,(H,20,23). The zero-order valence-electron chi connectivity index (χ0n) is 14.8. The molecule has 6 heteroatoms. The van der Waals surface area contributed by atoms with Gasteiger partial charge in [-0.25, -0.2) is 0 Å². The van der Waals surface area contributed by atoms with Gasteiger partial charge in [-0.15, -0.1) is 0 Å². The van der Waals surface area contributed by atoms with Crippen LogP contribution < -0.4 is 10.1 Å². The summed E-state index contributed by atoms with van der Waals surface area (Å²) in [6, 6.07) is 6.95. The summed E-state index contributed by atoms with van der Waals surface area (Å²) < 4.78 is 5.55. The predicted octanol–water partition coefficient (Wildman–Crippen LogP) is 2.18. The number of hydrogen-bond acceptors (Lipinski definition) is 4. The van der Waals surface area contributed by atoms with E-state index in [-0.39, 0.29) is 17.6 Å². The molecule has 0 aliphatic carbocycles. The fraction of sp³-hybridized carbons (Fsp3) is 0.526. The Hall–Kier alpha value is -2.37. The molecule has 0 radical (unpaired) electrons. The predicted molar refractivity (Wildman–Crippen MR) is 94.6 cm³/mol. The summed E-state index contributed by atoms with van der Waals surface area (Å²) in [7, 11) is 0. The molecule has 25 heavy (non-hydrogen) atoms. The van der Waals surface area contributed by atoms with E-state index in [9.17, 15) is 14.4 Å². The van der Waals surface area contributed by atoms with E-state index in [4.69, 9.17) is 4.74 Å². The van der Waals surface area contributed by atoms with Crippen LogP contribution in [0, 0.1) is 0 Å². The number of rotatable bonds is 9. The van der Waals surface area contributed by atoms with Crippen LogP contribution in [-0.2, 0) is 9.59 Å². The van der Waals surface area contributed by atoms with Gasteiger partial charge >= 0.3 is 0 Å². The minimum Gasteiger partial charge on any atom is -0.494 e. The molecule has 136 valence electrons.